The van der Waals surface area contributed by atoms with E-state index in [2.05, 4.69) is 14.9 Å². The number of H-pyrrole nitrogens is 1. The smallest absolute Gasteiger partial charge is 0.293 e. The van der Waals surface area contributed by atoms with Crippen molar-refractivity contribution in [3.8, 4) is 0 Å². The molecule has 0 saturated heterocycles. The molecule has 4 heteroatoms. The molecule has 11 heavy (non-hydrogen) atoms. The molecule has 1 rings (SSSR count). The molecular weight excluding hydrogens is 144 g/mol. The Hall–Kier alpha value is -1.32. The topological polar surface area (TPSA) is 55.0 Å². The summed E-state index contributed by atoms with van der Waals surface area (Å²) in [5, 5.41) is 6.58. The van der Waals surface area contributed by atoms with E-state index >= 15 is 0 Å². The summed E-state index contributed by atoms with van der Waals surface area (Å²) >= 11 is 0. The lowest BCUT2D eigenvalue weighted by atomic mass is 10.1. The molecule has 0 fully saturated rings. The van der Waals surface area contributed by atoms with E-state index in [-0.39, 0.29) is 5.92 Å². The second-order valence-corrected chi connectivity index (χ2v) is 2.34. The molecule has 0 aliphatic rings. The van der Waals surface area contributed by atoms with Gasteiger partial charge < -0.3 is 4.74 Å². The Morgan fingerprint density at radius 3 is 3.27 bits per heavy atom. The van der Waals surface area contributed by atoms with E-state index < -0.39 is 0 Å². The first kappa shape index (κ1) is 7.78. The monoisotopic (exact) mass is 154 g/mol. The van der Waals surface area contributed by atoms with Crippen molar-refractivity contribution in [2.24, 2.45) is 0 Å². The molecule has 0 amide bonds. The molecule has 0 spiro atoms. The Labute approximate surface area is 64.6 Å². The number of nitrogens with zero attached hydrogens (tertiary/aromatic N) is 1. The van der Waals surface area contributed by atoms with E-state index in [1.54, 1.807) is 6.20 Å². The van der Waals surface area contributed by atoms with Gasteiger partial charge in [-0.3, -0.25) is 9.89 Å². The zero-order chi connectivity index (χ0) is 8.10. The van der Waals surface area contributed by atoms with Crippen LogP contribution in [0.3, 0.4) is 0 Å². The third-order valence-corrected chi connectivity index (χ3v) is 1.47. The van der Waals surface area contributed by atoms with E-state index in [1.165, 1.54) is 0 Å². The lowest BCUT2D eigenvalue weighted by molar-refractivity contribution is -0.129. The number of nitrogens with one attached hydrogen (secondary N) is 1. The lowest BCUT2D eigenvalue weighted by Crippen LogP contribution is -2.03. The van der Waals surface area contributed by atoms with Crippen molar-refractivity contribution in [1.82, 2.24) is 10.2 Å². The fourth-order valence-corrected chi connectivity index (χ4v) is 0.815. The highest BCUT2D eigenvalue weighted by Gasteiger charge is 2.05. The predicted octanol–water partition coefficient (Wildman–Crippen LogP) is 0.686. The third-order valence-electron chi connectivity index (χ3n) is 1.47. The van der Waals surface area contributed by atoms with E-state index in [0.717, 1.165) is 5.69 Å². The van der Waals surface area contributed by atoms with Gasteiger partial charge >= 0.3 is 0 Å². The Balaban J connectivity index is 2.42. The minimum atomic E-state index is 0.183. The second kappa shape index (κ2) is 3.75. The summed E-state index contributed by atoms with van der Waals surface area (Å²) < 4.78 is 4.59. The van der Waals surface area contributed by atoms with Crippen molar-refractivity contribution in [2.75, 3.05) is 6.61 Å². The van der Waals surface area contributed by atoms with Crippen LogP contribution in [-0.4, -0.2) is 23.3 Å². The number of ether oxygens (including phenoxy) is 1. The summed E-state index contributed by atoms with van der Waals surface area (Å²) in [6.07, 6.45) is 1.67. The number of carbonyl (C=O) groups is 1. The molecule has 4 nitrogen and oxygen atoms in total. The first-order valence-electron chi connectivity index (χ1n) is 3.39. The van der Waals surface area contributed by atoms with E-state index in [1.807, 2.05) is 13.0 Å². The van der Waals surface area contributed by atoms with E-state index in [9.17, 15) is 4.79 Å². The average molecular weight is 154 g/mol. The summed E-state index contributed by atoms with van der Waals surface area (Å²) in [5.74, 6) is 0.183. The van der Waals surface area contributed by atoms with Crippen LogP contribution in [0.4, 0.5) is 0 Å². The Morgan fingerprint density at radius 1 is 1.91 bits per heavy atom. The highest BCUT2D eigenvalue weighted by molar-refractivity contribution is 5.37. The molecule has 1 N–H and O–H groups in total. The van der Waals surface area contributed by atoms with Crippen LogP contribution in [0.5, 0.6) is 0 Å². The van der Waals surface area contributed by atoms with Gasteiger partial charge in [0.2, 0.25) is 0 Å². The third kappa shape index (κ3) is 2.07. The summed E-state index contributed by atoms with van der Waals surface area (Å²) in [6.45, 7) is 2.80. The van der Waals surface area contributed by atoms with Crippen molar-refractivity contribution in [3.63, 3.8) is 0 Å². The number of carbonyl (C=O) groups excluding carboxylic acids is 1. The maximum Gasteiger partial charge on any atom is 0.293 e. The molecule has 1 heterocycles. The van der Waals surface area contributed by atoms with Crippen LogP contribution < -0.4 is 0 Å². The van der Waals surface area contributed by atoms with Crippen molar-refractivity contribution < 1.29 is 9.53 Å². The van der Waals surface area contributed by atoms with Gasteiger partial charge in [-0.2, -0.15) is 5.10 Å². The molecule has 0 aliphatic carbocycles. The number of rotatable bonds is 4. The Morgan fingerprint density at radius 2 is 2.73 bits per heavy atom. The first-order chi connectivity index (χ1) is 5.34. The molecule has 1 aromatic heterocycles. The fourth-order valence-electron chi connectivity index (χ4n) is 0.815. The van der Waals surface area contributed by atoms with Crippen LogP contribution >= 0.6 is 0 Å². The van der Waals surface area contributed by atoms with Crippen molar-refractivity contribution >= 4 is 6.47 Å². The van der Waals surface area contributed by atoms with Crippen LogP contribution in [0.1, 0.15) is 18.5 Å². The zero-order valence-electron chi connectivity index (χ0n) is 6.28. The molecular formula is C7H10N2O2. The van der Waals surface area contributed by atoms with Gasteiger partial charge in [-0.1, -0.05) is 6.92 Å². The van der Waals surface area contributed by atoms with Gasteiger partial charge in [0, 0.05) is 17.8 Å². The van der Waals surface area contributed by atoms with Crippen LogP contribution in [0.25, 0.3) is 0 Å². The standard InChI is InChI=1S/C7H10N2O2/c1-6(4-11-5-10)7-2-3-8-9-7/h2-3,5-6H,4H2,1H3,(H,8,9). The quantitative estimate of drug-likeness (QED) is 0.649. The maximum atomic E-state index is 9.83. The zero-order valence-corrected chi connectivity index (χ0v) is 6.28. The Kier molecular flexibility index (Phi) is 2.66. The minimum Gasteiger partial charge on any atom is -0.467 e. The molecule has 1 aromatic rings. The van der Waals surface area contributed by atoms with Crippen LogP contribution in [-0.2, 0) is 9.53 Å². The van der Waals surface area contributed by atoms with E-state index in [0.29, 0.717) is 13.1 Å². The highest BCUT2D eigenvalue weighted by Crippen LogP contribution is 2.10. The van der Waals surface area contributed by atoms with Gasteiger partial charge in [-0.25, -0.2) is 0 Å². The molecule has 60 valence electrons. The number of hydrogen-bond acceptors (Lipinski definition) is 3. The van der Waals surface area contributed by atoms with Crippen molar-refractivity contribution in [2.45, 2.75) is 12.8 Å². The summed E-state index contributed by atoms with van der Waals surface area (Å²) in [5.41, 5.74) is 0.979. The SMILES string of the molecule is CC(COC=O)c1ccn[nH]1. The Bertz CT molecular complexity index is 208. The first-order valence-corrected chi connectivity index (χ1v) is 3.39. The van der Waals surface area contributed by atoms with E-state index in [4.69, 9.17) is 0 Å². The maximum absolute atomic E-state index is 9.83. The van der Waals surface area contributed by atoms with Gasteiger partial charge in [-0.05, 0) is 6.07 Å². The van der Waals surface area contributed by atoms with Gasteiger partial charge in [0.15, 0.2) is 0 Å². The van der Waals surface area contributed by atoms with Gasteiger partial charge in [0.1, 0.15) is 0 Å². The van der Waals surface area contributed by atoms with Crippen molar-refractivity contribution in [3.05, 3.63) is 18.0 Å². The number of aromatic nitrogens is 2. The van der Waals surface area contributed by atoms with Gasteiger partial charge in [0.05, 0.1) is 6.61 Å². The molecule has 0 aromatic carbocycles. The van der Waals surface area contributed by atoms with Crippen LogP contribution in [0.2, 0.25) is 0 Å². The number of aromatic amines is 1. The largest absolute Gasteiger partial charge is 0.467 e. The fraction of sp³-hybridized carbons (Fsp3) is 0.429. The van der Waals surface area contributed by atoms with Crippen LogP contribution in [0.15, 0.2) is 12.3 Å². The minimum absolute atomic E-state index is 0.183. The molecule has 0 bridgehead atoms. The normalized spacial score (nSPS) is 12.5. The molecule has 1 unspecified atom stereocenters. The summed E-state index contributed by atoms with van der Waals surface area (Å²) in [4.78, 5) is 9.83. The summed E-state index contributed by atoms with van der Waals surface area (Å²) in [6, 6.07) is 1.86. The molecule has 0 radical (unpaired) electrons. The predicted molar refractivity (Wildman–Crippen MR) is 39.0 cm³/mol. The summed E-state index contributed by atoms with van der Waals surface area (Å²) in [7, 11) is 0. The second-order valence-electron chi connectivity index (χ2n) is 2.34. The molecule has 0 aliphatic heterocycles. The van der Waals surface area contributed by atoms with Crippen molar-refractivity contribution in [1.29, 1.82) is 0 Å². The molecule has 1 atom stereocenters. The molecule has 0 saturated carbocycles. The van der Waals surface area contributed by atoms with Crippen LogP contribution in [0, 0.1) is 0 Å². The lowest BCUT2D eigenvalue weighted by Gasteiger charge is -2.05. The highest BCUT2D eigenvalue weighted by atomic mass is 16.5. The average Bonchev–Trinajstić information content (AvgIpc) is 2.52. The van der Waals surface area contributed by atoms with Gasteiger partial charge in [0.25, 0.3) is 6.47 Å². The van der Waals surface area contributed by atoms with Gasteiger partial charge in [-0.15, -0.1) is 0 Å². The number of hydrogen-bond donors (Lipinski definition) is 1.